The topological polar surface area (TPSA) is 112 Å². The van der Waals surface area contributed by atoms with Crippen LogP contribution in [0.4, 0.5) is 0 Å². The number of amides is 3. The highest BCUT2D eigenvalue weighted by Gasteiger charge is 2.42. The lowest BCUT2D eigenvalue weighted by Gasteiger charge is -2.38. The van der Waals surface area contributed by atoms with Crippen LogP contribution in [-0.4, -0.2) is 91.1 Å². The van der Waals surface area contributed by atoms with E-state index >= 15 is 0 Å². The molecule has 1 unspecified atom stereocenters. The molecular formula is C43H46N2O8S2. The molecule has 288 valence electrons. The van der Waals surface area contributed by atoms with Crippen molar-refractivity contribution in [3.05, 3.63) is 131 Å². The molecule has 0 spiro atoms. The van der Waals surface area contributed by atoms with E-state index in [0.717, 1.165) is 16.7 Å². The van der Waals surface area contributed by atoms with Crippen LogP contribution in [0.3, 0.4) is 0 Å². The van der Waals surface area contributed by atoms with Gasteiger partial charge >= 0.3 is 5.97 Å². The first-order valence-corrected chi connectivity index (χ1v) is 20.9. The van der Waals surface area contributed by atoms with Gasteiger partial charge in [0.1, 0.15) is 23.2 Å². The molecule has 3 amide bonds. The number of methoxy groups -OCH3 is 2. The highest BCUT2D eigenvalue weighted by atomic mass is 33.1. The van der Waals surface area contributed by atoms with Crippen LogP contribution >= 0.6 is 21.6 Å². The minimum atomic E-state index is -1.06. The molecule has 0 saturated carbocycles. The molecule has 2 atom stereocenters. The van der Waals surface area contributed by atoms with Gasteiger partial charge in [0.05, 0.1) is 44.5 Å². The molecule has 55 heavy (non-hydrogen) atoms. The quantitative estimate of drug-likeness (QED) is 0.0333. The molecular weight excluding hydrogens is 737 g/mol. The lowest BCUT2D eigenvalue weighted by atomic mass is 9.80. The SMILES string of the molecule is CCC(=O)OC1C[C@@H](COC(c2ccccc2)(c2ccc(OC)cc2)c2ccc(OC)cc2)N(C(=O)CCCSSCCN2C(=O)c3ccccc3C2=O)C1. The molecule has 2 aliphatic heterocycles. The van der Waals surface area contributed by atoms with Gasteiger partial charge in [-0.3, -0.25) is 24.1 Å². The monoisotopic (exact) mass is 782 g/mol. The van der Waals surface area contributed by atoms with Crippen molar-refractivity contribution in [2.75, 3.05) is 45.4 Å². The number of imide groups is 1. The molecule has 1 saturated heterocycles. The van der Waals surface area contributed by atoms with E-state index in [9.17, 15) is 19.2 Å². The average molecular weight is 783 g/mol. The summed E-state index contributed by atoms with van der Waals surface area (Å²) < 4.78 is 23.9. The summed E-state index contributed by atoms with van der Waals surface area (Å²) in [6, 6.07) is 32.2. The number of hydrogen-bond acceptors (Lipinski definition) is 10. The molecule has 2 heterocycles. The Bertz CT molecular complexity index is 1860. The van der Waals surface area contributed by atoms with E-state index in [1.807, 2.05) is 83.8 Å². The van der Waals surface area contributed by atoms with Crippen LogP contribution in [0.5, 0.6) is 11.5 Å². The Labute approximate surface area is 330 Å². The van der Waals surface area contributed by atoms with Gasteiger partial charge in [-0.15, -0.1) is 0 Å². The van der Waals surface area contributed by atoms with Crippen molar-refractivity contribution < 1.29 is 38.1 Å². The van der Waals surface area contributed by atoms with Gasteiger partial charge in [-0.05, 0) is 59.5 Å². The van der Waals surface area contributed by atoms with E-state index in [4.69, 9.17) is 18.9 Å². The molecule has 0 aromatic heterocycles. The van der Waals surface area contributed by atoms with Crippen molar-refractivity contribution in [2.45, 2.75) is 50.4 Å². The van der Waals surface area contributed by atoms with Gasteiger partial charge in [-0.1, -0.05) is 95.2 Å². The van der Waals surface area contributed by atoms with Crippen molar-refractivity contribution in [3.8, 4) is 11.5 Å². The summed E-state index contributed by atoms with van der Waals surface area (Å²) in [6.45, 7) is 2.56. The first-order chi connectivity index (χ1) is 26.8. The maximum absolute atomic E-state index is 13.9. The smallest absolute Gasteiger partial charge is 0.305 e. The summed E-state index contributed by atoms with van der Waals surface area (Å²) >= 11 is 0. The maximum atomic E-state index is 13.9. The van der Waals surface area contributed by atoms with Crippen molar-refractivity contribution in [2.24, 2.45) is 0 Å². The fraction of sp³-hybridized carbons (Fsp3) is 0.349. The summed E-state index contributed by atoms with van der Waals surface area (Å²) in [7, 11) is 6.46. The highest BCUT2D eigenvalue weighted by Crippen LogP contribution is 2.42. The van der Waals surface area contributed by atoms with E-state index in [0.29, 0.717) is 66.5 Å². The Morgan fingerprint density at radius 1 is 0.745 bits per heavy atom. The third-order valence-corrected chi connectivity index (χ3v) is 12.4. The van der Waals surface area contributed by atoms with E-state index in [1.54, 1.807) is 67.0 Å². The average Bonchev–Trinajstić information content (AvgIpc) is 3.74. The van der Waals surface area contributed by atoms with Crippen molar-refractivity contribution in [1.29, 1.82) is 0 Å². The van der Waals surface area contributed by atoms with Crippen LogP contribution in [0.15, 0.2) is 103 Å². The van der Waals surface area contributed by atoms with Gasteiger partial charge in [-0.25, -0.2) is 0 Å². The Morgan fingerprint density at radius 2 is 1.29 bits per heavy atom. The van der Waals surface area contributed by atoms with E-state index in [2.05, 4.69) is 0 Å². The predicted octanol–water partition coefficient (Wildman–Crippen LogP) is 7.39. The second-order valence-corrected chi connectivity index (χ2v) is 16.0. The van der Waals surface area contributed by atoms with E-state index in [1.165, 1.54) is 4.90 Å². The Balaban J connectivity index is 1.14. The molecule has 10 nitrogen and oxygen atoms in total. The number of carbonyl (C=O) groups excluding carboxylic acids is 4. The molecule has 0 bridgehead atoms. The summed E-state index contributed by atoms with van der Waals surface area (Å²) in [5.41, 5.74) is 2.52. The van der Waals surface area contributed by atoms with Crippen molar-refractivity contribution in [1.82, 2.24) is 9.80 Å². The molecule has 2 aliphatic rings. The van der Waals surface area contributed by atoms with Gasteiger partial charge in [0.15, 0.2) is 0 Å². The predicted molar refractivity (Wildman–Crippen MR) is 215 cm³/mol. The third-order valence-electron chi connectivity index (χ3n) is 9.93. The summed E-state index contributed by atoms with van der Waals surface area (Å²) in [4.78, 5) is 54.7. The molecule has 6 rings (SSSR count). The maximum Gasteiger partial charge on any atom is 0.305 e. The number of fused-ring (bicyclic) bond motifs is 1. The van der Waals surface area contributed by atoms with Crippen LogP contribution in [0, 0.1) is 0 Å². The fourth-order valence-corrected chi connectivity index (χ4v) is 9.14. The number of rotatable bonds is 18. The summed E-state index contributed by atoms with van der Waals surface area (Å²) in [6.07, 6.45) is 1.22. The largest absolute Gasteiger partial charge is 0.497 e. The zero-order chi connectivity index (χ0) is 38.8. The second kappa shape index (κ2) is 18.7. The number of carbonyl (C=O) groups is 4. The highest BCUT2D eigenvalue weighted by molar-refractivity contribution is 8.76. The third kappa shape index (κ3) is 9.03. The van der Waals surface area contributed by atoms with Gasteiger partial charge in [0.2, 0.25) is 5.91 Å². The number of hydrogen-bond donors (Lipinski definition) is 0. The van der Waals surface area contributed by atoms with E-state index < -0.39 is 11.7 Å². The number of esters is 1. The van der Waals surface area contributed by atoms with Crippen LogP contribution in [0.2, 0.25) is 0 Å². The number of ether oxygens (including phenoxy) is 4. The molecule has 0 aliphatic carbocycles. The molecule has 12 heteroatoms. The Kier molecular flexibility index (Phi) is 13.6. The lowest BCUT2D eigenvalue weighted by molar-refractivity contribution is -0.148. The standard InChI is InChI=1S/C43H46N2O8S2/c1-4-40(47)53-36-27-33(45(28-36)39(46)15-10-25-54-55-26-24-44-41(48)37-13-8-9-14-38(37)42(44)49)29-52-43(30-11-6-5-7-12-30,31-16-20-34(50-2)21-17-31)32-18-22-35(51-3)23-19-32/h5-9,11-14,16-23,33,36H,4,10,15,24-29H2,1-3H3/t33-,36?/m0/s1. The molecule has 0 N–H and O–H groups in total. The summed E-state index contributed by atoms with van der Waals surface area (Å²) in [5.74, 6) is 1.90. The lowest BCUT2D eigenvalue weighted by Crippen LogP contribution is -2.42. The number of nitrogens with zero attached hydrogens (tertiary/aromatic N) is 2. The second-order valence-electron chi connectivity index (χ2n) is 13.3. The zero-order valence-electron chi connectivity index (χ0n) is 31.3. The zero-order valence-corrected chi connectivity index (χ0v) is 32.9. The molecule has 4 aromatic rings. The first-order valence-electron chi connectivity index (χ1n) is 18.5. The van der Waals surface area contributed by atoms with Crippen LogP contribution in [0.1, 0.15) is 70.0 Å². The normalized spacial score (nSPS) is 16.6. The van der Waals surface area contributed by atoms with Gasteiger partial charge in [0, 0.05) is 37.3 Å². The Hall–Kier alpha value is -4.78. The van der Waals surface area contributed by atoms with Crippen LogP contribution < -0.4 is 9.47 Å². The molecule has 0 radical (unpaired) electrons. The van der Waals surface area contributed by atoms with Crippen LogP contribution in [0.25, 0.3) is 0 Å². The van der Waals surface area contributed by atoms with Crippen molar-refractivity contribution in [3.63, 3.8) is 0 Å². The first kappa shape index (κ1) is 39.9. The van der Waals surface area contributed by atoms with Crippen LogP contribution in [-0.2, 0) is 24.7 Å². The molecule has 4 aromatic carbocycles. The van der Waals surface area contributed by atoms with Crippen molar-refractivity contribution >= 4 is 45.3 Å². The van der Waals surface area contributed by atoms with E-state index in [-0.39, 0.29) is 42.8 Å². The van der Waals surface area contributed by atoms with Gasteiger partial charge in [-0.2, -0.15) is 0 Å². The number of likely N-dealkylation sites (tertiary alicyclic amines) is 1. The van der Waals surface area contributed by atoms with Gasteiger partial charge < -0.3 is 23.8 Å². The fourth-order valence-electron chi connectivity index (χ4n) is 7.10. The van der Waals surface area contributed by atoms with Gasteiger partial charge in [0.25, 0.3) is 11.8 Å². The summed E-state index contributed by atoms with van der Waals surface area (Å²) in [5, 5.41) is 0. The number of benzene rings is 4. The minimum absolute atomic E-state index is 0.0283. The molecule has 1 fully saturated rings. The Morgan fingerprint density at radius 3 is 1.85 bits per heavy atom. The minimum Gasteiger partial charge on any atom is -0.497 e.